The van der Waals surface area contributed by atoms with Crippen molar-refractivity contribution in [2.45, 2.75) is 51.4 Å². The van der Waals surface area contributed by atoms with Crippen LogP contribution in [0.25, 0.3) is 0 Å². The highest BCUT2D eigenvalue weighted by molar-refractivity contribution is 5.79. The summed E-state index contributed by atoms with van der Waals surface area (Å²) in [5.41, 5.74) is 5.58. The predicted molar refractivity (Wildman–Crippen MR) is 219 cm³/mol. The van der Waals surface area contributed by atoms with Crippen LogP contribution in [-0.2, 0) is 51.3 Å². The lowest BCUT2D eigenvalue weighted by Gasteiger charge is -2.24. The molecule has 0 saturated carbocycles. The normalized spacial score (nSPS) is 20.8. The van der Waals surface area contributed by atoms with Crippen LogP contribution in [0.15, 0.2) is 72.8 Å². The first kappa shape index (κ1) is 41.8. The van der Waals surface area contributed by atoms with Crippen molar-refractivity contribution < 1.29 is 34.5 Å². The number of carboxylic acids is 3. The molecule has 3 saturated heterocycles. The van der Waals surface area contributed by atoms with E-state index in [0.29, 0.717) is 58.4 Å². The van der Waals surface area contributed by atoms with Crippen LogP contribution in [0.2, 0.25) is 0 Å². The van der Waals surface area contributed by atoms with Gasteiger partial charge in [0.1, 0.15) is 0 Å². The molecule has 306 valence electrons. The molecule has 0 aromatic heterocycles. The Hall–Kier alpha value is -4.78. The van der Waals surface area contributed by atoms with E-state index in [1.165, 1.54) is 0 Å². The quantitative estimate of drug-likeness (QED) is 0.0832. The van der Waals surface area contributed by atoms with Gasteiger partial charge in [0.05, 0.1) is 24.2 Å². The lowest BCUT2D eigenvalue weighted by Crippen LogP contribution is -2.37. The summed E-state index contributed by atoms with van der Waals surface area (Å²) in [7, 11) is 0. The van der Waals surface area contributed by atoms with Gasteiger partial charge in [0.25, 0.3) is 0 Å². The number of nitrogens with zero attached hydrogens (tertiary/aromatic N) is 1. The van der Waals surface area contributed by atoms with Crippen LogP contribution < -0.4 is 21.3 Å². The minimum Gasteiger partial charge on any atom is -0.481 e. The van der Waals surface area contributed by atoms with Gasteiger partial charge < -0.3 is 41.5 Å². The Bertz CT molecular complexity index is 1820. The number of amides is 1. The average molecular weight is 782 g/mol. The predicted octanol–water partition coefficient (Wildman–Crippen LogP) is 3.97. The van der Waals surface area contributed by atoms with E-state index >= 15 is 0 Å². The number of nitrogens with one attached hydrogen (secondary N) is 4. The van der Waals surface area contributed by atoms with Crippen LogP contribution in [0.3, 0.4) is 0 Å². The number of carbonyl (C=O) groups excluding carboxylic acids is 1. The number of hydrogen-bond acceptors (Lipinski definition) is 8. The van der Waals surface area contributed by atoms with E-state index in [0.717, 1.165) is 78.9 Å². The summed E-state index contributed by atoms with van der Waals surface area (Å²) in [5.74, 6) is -3.49. The van der Waals surface area contributed by atoms with E-state index in [1.54, 1.807) is 0 Å². The molecule has 3 aromatic rings. The number of aliphatic carboxylic acids is 3. The number of carboxylic acid groups (broad SMARTS) is 3. The molecular formula is C45H59N5O7. The number of benzene rings is 3. The molecule has 6 atom stereocenters. The molecule has 12 nitrogen and oxygen atoms in total. The van der Waals surface area contributed by atoms with Crippen molar-refractivity contribution in [3.05, 3.63) is 101 Å². The minimum atomic E-state index is -0.791. The molecule has 12 heteroatoms. The van der Waals surface area contributed by atoms with Gasteiger partial charge in [-0.1, -0.05) is 60.7 Å². The van der Waals surface area contributed by atoms with E-state index in [4.69, 9.17) is 0 Å². The summed E-state index contributed by atoms with van der Waals surface area (Å²) in [6.07, 6.45) is 4.65. The van der Waals surface area contributed by atoms with Crippen molar-refractivity contribution in [1.29, 1.82) is 0 Å². The number of anilines is 1. The Morgan fingerprint density at radius 2 is 1.04 bits per heavy atom. The Morgan fingerprint density at radius 1 is 0.596 bits per heavy atom. The van der Waals surface area contributed by atoms with Gasteiger partial charge in [0.15, 0.2) is 0 Å². The first-order chi connectivity index (χ1) is 27.6. The molecule has 6 unspecified atom stereocenters. The Labute approximate surface area is 335 Å². The molecule has 3 aromatic carbocycles. The van der Waals surface area contributed by atoms with Gasteiger partial charge in [-0.2, -0.15) is 0 Å². The molecule has 7 N–H and O–H groups in total. The second kappa shape index (κ2) is 20.6. The molecule has 57 heavy (non-hydrogen) atoms. The molecule has 0 spiro atoms. The largest absolute Gasteiger partial charge is 0.481 e. The Kier molecular flexibility index (Phi) is 15.1. The summed E-state index contributed by atoms with van der Waals surface area (Å²) >= 11 is 0. The lowest BCUT2D eigenvalue weighted by atomic mass is 9.86. The molecule has 3 fully saturated rings. The third-order valence-electron chi connectivity index (χ3n) is 12.3. The second-order valence-electron chi connectivity index (χ2n) is 16.3. The first-order valence-electron chi connectivity index (χ1n) is 20.7. The fourth-order valence-corrected chi connectivity index (χ4v) is 9.02. The molecule has 3 aliphatic rings. The molecule has 6 rings (SSSR count). The summed E-state index contributed by atoms with van der Waals surface area (Å²) in [5, 5.41) is 43.3. The van der Waals surface area contributed by atoms with Crippen LogP contribution in [0.5, 0.6) is 0 Å². The van der Waals surface area contributed by atoms with E-state index < -0.39 is 35.7 Å². The topological polar surface area (TPSA) is 180 Å². The van der Waals surface area contributed by atoms with Crippen molar-refractivity contribution in [3.63, 3.8) is 0 Å². The third kappa shape index (κ3) is 12.1. The summed E-state index contributed by atoms with van der Waals surface area (Å²) in [6, 6.07) is 23.6. The van der Waals surface area contributed by atoms with Crippen molar-refractivity contribution >= 4 is 29.5 Å². The van der Waals surface area contributed by atoms with Crippen molar-refractivity contribution in [2.75, 3.05) is 64.2 Å². The van der Waals surface area contributed by atoms with Gasteiger partial charge in [-0.25, -0.2) is 0 Å². The van der Waals surface area contributed by atoms with E-state index in [-0.39, 0.29) is 30.1 Å². The zero-order chi connectivity index (χ0) is 40.1. The fourth-order valence-electron chi connectivity index (χ4n) is 9.02. The highest BCUT2D eigenvalue weighted by Crippen LogP contribution is 2.27. The molecule has 0 bridgehead atoms. The summed E-state index contributed by atoms with van der Waals surface area (Å²) < 4.78 is 0. The van der Waals surface area contributed by atoms with Crippen LogP contribution in [0.1, 0.15) is 47.1 Å². The van der Waals surface area contributed by atoms with Gasteiger partial charge in [-0.3, -0.25) is 19.2 Å². The Balaban J connectivity index is 1.13. The molecule has 3 aliphatic heterocycles. The van der Waals surface area contributed by atoms with Crippen molar-refractivity contribution in [1.82, 2.24) is 20.9 Å². The van der Waals surface area contributed by atoms with Crippen LogP contribution in [-0.4, -0.2) is 103 Å². The number of rotatable bonds is 21. The van der Waals surface area contributed by atoms with Gasteiger partial charge >= 0.3 is 17.9 Å². The van der Waals surface area contributed by atoms with Gasteiger partial charge in [0, 0.05) is 25.3 Å². The Morgan fingerprint density at radius 3 is 1.51 bits per heavy atom. The van der Waals surface area contributed by atoms with Crippen molar-refractivity contribution in [3.8, 4) is 0 Å². The second-order valence-corrected chi connectivity index (χ2v) is 16.3. The van der Waals surface area contributed by atoms with Crippen molar-refractivity contribution in [2.24, 2.45) is 35.5 Å². The zero-order valence-electron chi connectivity index (χ0n) is 32.8. The van der Waals surface area contributed by atoms with Gasteiger partial charge in [0.2, 0.25) is 5.91 Å². The van der Waals surface area contributed by atoms with Gasteiger partial charge in [-0.15, -0.1) is 0 Å². The number of hydrogen-bond donors (Lipinski definition) is 7. The monoisotopic (exact) mass is 781 g/mol. The highest BCUT2D eigenvalue weighted by Gasteiger charge is 2.33. The molecule has 0 radical (unpaired) electrons. The van der Waals surface area contributed by atoms with E-state index in [1.807, 2.05) is 71.6 Å². The SMILES string of the molecule is O=C(O)C(Cc1cccc(CCN(CCNc2cccc(CC(C(=O)O)C3CCNC3)c2)C(=O)Cc2cccc(CC(C(=O)O)C3CCNC3)c2)c1)C1CCNC1. The first-order valence-corrected chi connectivity index (χ1v) is 20.7. The average Bonchev–Trinajstić information content (AvgIpc) is 4.02. The smallest absolute Gasteiger partial charge is 0.307 e. The van der Waals surface area contributed by atoms with Crippen LogP contribution in [0.4, 0.5) is 5.69 Å². The van der Waals surface area contributed by atoms with Crippen LogP contribution >= 0.6 is 0 Å². The molecule has 0 aliphatic carbocycles. The molecule has 1 amide bonds. The molecular weight excluding hydrogens is 723 g/mol. The number of carbonyl (C=O) groups is 4. The van der Waals surface area contributed by atoms with Gasteiger partial charge in [-0.05, 0) is 142 Å². The summed E-state index contributed by atoms with van der Waals surface area (Å²) in [4.78, 5) is 52.5. The van der Waals surface area contributed by atoms with E-state index in [9.17, 15) is 34.5 Å². The standard InChI is InChI=1S/C45H59N5O7/c51-42(26-33-7-2-6-32(21-33)24-40(44(54)55)36-11-15-47-28-36)50(18-13-30-4-1-5-31(20-30)23-39(43(52)53)35-10-14-46-27-35)19-17-49-38-9-3-8-34(22-38)25-41(45(56)57)37-12-16-48-29-37/h1-9,20-22,35-37,39-41,46-49H,10-19,23-29H2,(H,52,53)(H,54,55)(H,56,57). The zero-order valence-corrected chi connectivity index (χ0v) is 32.8. The minimum absolute atomic E-state index is 0.0391. The maximum atomic E-state index is 14.1. The lowest BCUT2D eigenvalue weighted by molar-refractivity contribution is -0.144. The van der Waals surface area contributed by atoms with E-state index in [2.05, 4.69) is 27.3 Å². The molecule has 3 heterocycles. The third-order valence-corrected chi connectivity index (χ3v) is 12.3. The maximum Gasteiger partial charge on any atom is 0.307 e. The summed E-state index contributed by atoms with van der Waals surface area (Å²) in [6.45, 7) is 6.02. The maximum absolute atomic E-state index is 14.1. The highest BCUT2D eigenvalue weighted by atomic mass is 16.4. The fraction of sp³-hybridized carbons (Fsp3) is 0.511. The van der Waals surface area contributed by atoms with Crippen LogP contribution in [0, 0.1) is 35.5 Å².